The Bertz CT molecular complexity index is 607. The number of rotatable bonds is 3. The van der Waals surface area contributed by atoms with Gasteiger partial charge in [-0.1, -0.05) is 12.1 Å². The van der Waals surface area contributed by atoms with Crippen molar-refractivity contribution in [1.82, 2.24) is 0 Å². The van der Waals surface area contributed by atoms with E-state index < -0.39 is 4.92 Å². The van der Waals surface area contributed by atoms with Gasteiger partial charge in [0.25, 0.3) is 5.69 Å². The predicted octanol–water partition coefficient (Wildman–Crippen LogP) is 2.57. The molecule has 0 N–H and O–H groups in total. The minimum atomic E-state index is -0.476. The van der Waals surface area contributed by atoms with Gasteiger partial charge in [0.2, 0.25) is 0 Å². The lowest BCUT2D eigenvalue weighted by Gasteiger charge is -2.07. The van der Waals surface area contributed by atoms with Crippen LogP contribution in [0.4, 0.5) is 5.69 Å². The number of ether oxygens (including phenoxy) is 1. The van der Waals surface area contributed by atoms with Gasteiger partial charge in [0, 0.05) is 17.0 Å². The minimum absolute atomic E-state index is 0.0375. The van der Waals surface area contributed by atoms with Crippen LogP contribution in [0, 0.1) is 10.1 Å². The van der Waals surface area contributed by atoms with Crippen molar-refractivity contribution in [3.63, 3.8) is 0 Å². The van der Waals surface area contributed by atoms with Crippen LogP contribution < -0.4 is 4.74 Å². The summed E-state index contributed by atoms with van der Waals surface area (Å²) in [5, 5.41) is 11.8. The van der Waals surface area contributed by atoms with E-state index in [4.69, 9.17) is 4.74 Å². The summed E-state index contributed by atoms with van der Waals surface area (Å²) in [6.07, 6.45) is 0.661. The van der Waals surface area contributed by atoms with Crippen molar-refractivity contribution in [2.75, 3.05) is 7.11 Å². The molecule has 0 amide bonds. The number of nitrogens with zero attached hydrogens (tertiary/aromatic N) is 1. The molecule has 86 valence electrons. The van der Waals surface area contributed by atoms with Gasteiger partial charge in [-0.2, -0.15) is 0 Å². The van der Waals surface area contributed by atoms with E-state index in [0.717, 1.165) is 0 Å². The number of nitro groups is 1. The number of carbonyl (C=O) groups is 1. The Hall–Kier alpha value is -2.43. The molecule has 0 aliphatic heterocycles. The summed E-state index contributed by atoms with van der Waals surface area (Å²) in [6, 6.07) is 7.67. The highest BCUT2D eigenvalue weighted by Crippen LogP contribution is 2.34. The Morgan fingerprint density at radius 2 is 2.06 bits per heavy atom. The maximum absolute atomic E-state index is 10.9. The highest BCUT2D eigenvalue weighted by Gasteiger charge is 2.16. The van der Waals surface area contributed by atoms with Gasteiger partial charge >= 0.3 is 0 Å². The van der Waals surface area contributed by atoms with Gasteiger partial charge in [-0.05, 0) is 12.1 Å². The average molecular weight is 231 g/mol. The third-order valence-electron chi connectivity index (χ3n) is 2.56. The first-order valence-electron chi connectivity index (χ1n) is 4.88. The molecule has 2 rings (SSSR count). The largest absolute Gasteiger partial charge is 0.496 e. The van der Waals surface area contributed by atoms with E-state index in [1.54, 1.807) is 18.2 Å². The van der Waals surface area contributed by atoms with Crippen molar-refractivity contribution in [2.24, 2.45) is 0 Å². The normalized spacial score (nSPS) is 10.2. The summed E-state index contributed by atoms with van der Waals surface area (Å²) >= 11 is 0. The van der Waals surface area contributed by atoms with E-state index >= 15 is 0 Å². The second-order valence-corrected chi connectivity index (χ2v) is 3.43. The Labute approximate surface area is 96.8 Å². The molecule has 0 fully saturated rings. The van der Waals surface area contributed by atoms with Crippen LogP contribution in [0.1, 0.15) is 10.4 Å². The second-order valence-electron chi connectivity index (χ2n) is 3.43. The first-order chi connectivity index (χ1) is 8.19. The molecule has 0 saturated heterocycles. The number of benzene rings is 2. The molecule has 0 atom stereocenters. The molecule has 0 spiro atoms. The van der Waals surface area contributed by atoms with Crippen LogP contribution in [-0.2, 0) is 0 Å². The third-order valence-corrected chi connectivity index (χ3v) is 2.56. The van der Waals surface area contributed by atoms with E-state index in [0.29, 0.717) is 28.4 Å². The van der Waals surface area contributed by atoms with E-state index in [2.05, 4.69) is 0 Å². The summed E-state index contributed by atoms with van der Waals surface area (Å²) < 4.78 is 5.12. The van der Waals surface area contributed by atoms with E-state index in [9.17, 15) is 14.9 Å². The number of nitro benzene ring substituents is 1. The van der Waals surface area contributed by atoms with Gasteiger partial charge in [0.1, 0.15) is 5.75 Å². The quantitative estimate of drug-likeness (QED) is 0.462. The van der Waals surface area contributed by atoms with Crippen molar-refractivity contribution < 1.29 is 14.5 Å². The zero-order valence-electron chi connectivity index (χ0n) is 9.04. The summed E-state index contributed by atoms with van der Waals surface area (Å²) in [7, 11) is 1.46. The fourth-order valence-corrected chi connectivity index (χ4v) is 1.81. The molecule has 5 nitrogen and oxygen atoms in total. The molecule has 0 aromatic heterocycles. The van der Waals surface area contributed by atoms with Gasteiger partial charge in [-0.3, -0.25) is 14.9 Å². The fourth-order valence-electron chi connectivity index (χ4n) is 1.81. The lowest BCUT2D eigenvalue weighted by Crippen LogP contribution is -1.94. The van der Waals surface area contributed by atoms with E-state index in [1.165, 1.54) is 19.2 Å². The Kier molecular flexibility index (Phi) is 2.74. The van der Waals surface area contributed by atoms with Crippen LogP contribution in [0.15, 0.2) is 30.3 Å². The molecule has 0 aliphatic rings. The SMILES string of the molecule is COc1ccc([N+](=O)[O-])c2cccc(C=O)c12. The number of methoxy groups -OCH3 is 1. The zero-order chi connectivity index (χ0) is 12.4. The van der Waals surface area contributed by atoms with Crippen molar-refractivity contribution >= 4 is 22.7 Å². The first-order valence-corrected chi connectivity index (χ1v) is 4.88. The molecule has 0 heterocycles. The minimum Gasteiger partial charge on any atom is -0.496 e. The van der Waals surface area contributed by atoms with E-state index in [-0.39, 0.29) is 5.69 Å². The average Bonchev–Trinajstić information content (AvgIpc) is 2.36. The van der Waals surface area contributed by atoms with Crippen LogP contribution in [0.2, 0.25) is 0 Å². The number of non-ortho nitro benzene ring substituents is 1. The monoisotopic (exact) mass is 231 g/mol. The van der Waals surface area contributed by atoms with Crippen molar-refractivity contribution in [3.8, 4) is 5.75 Å². The second kappa shape index (κ2) is 4.21. The van der Waals surface area contributed by atoms with Crippen LogP contribution in [0.3, 0.4) is 0 Å². The number of hydrogen-bond donors (Lipinski definition) is 0. The van der Waals surface area contributed by atoms with Crippen molar-refractivity contribution in [3.05, 3.63) is 46.0 Å². The van der Waals surface area contributed by atoms with Crippen LogP contribution >= 0.6 is 0 Å². The third kappa shape index (κ3) is 1.71. The number of carbonyl (C=O) groups excluding carboxylic acids is 1. The first kappa shape index (κ1) is 11.1. The van der Waals surface area contributed by atoms with E-state index in [1.807, 2.05) is 0 Å². The van der Waals surface area contributed by atoms with Crippen LogP contribution in [0.25, 0.3) is 10.8 Å². The molecule has 0 radical (unpaired) electrons. The van der Waals surface area contributed by atoms with Gasteiger partial charge in [-0.15, -0.1) is 0 Å². The number of hydrogen-bond acceptors (Lipinski definition) is 4. The Balaban J connectivity index is 2.94. The molecular weight excluding hydrogens is 222 g/mol. The van der Waals surface area contributed by atoms with Crippen LogP contribution in [-0.4, -0.2) is 18.3 Å². The smallest absolute Gasteiger partial charge is 0.277 e. The topological polar surface area (TPSA) is 69.4 Å². The fraction of sp³-hybridized carbons (Fsp3) is 0.0833. The molecule has 17 heavy (non-hydrogen) atoms. The molecule has 2 aromatic carbocycles. The van der Waals surface area contributed by atoms with Crippen molar-refractivity contribution in [2.45, 2.75) is 0 Å². The molecule has 0 aliphatic carbocycles. The Morgan fingerprint density at radius 1 is 1.29 bits per heavy atom. The molecule has 5 heteroatoms. The lowest BCUT2D eigenvalue weighted by molar-refractivity contribution is -0.383. The van der Waals surface area contributed by atoms with Gasteiger partial charge in [0.05, 0.1) is 17.4 Å². The molecular formula is C12H9NO4. The maximum atomic E-state index is 10.9. The summed E-state index contributed by atoms with van der Waals surface area (Å²) in [4.78, 5) is 21.4. The molecule has 0 unspecified atom stereocenters. The summed E-state index contributed by atoms with van der Waals surface area (Å²) in [6.45, 7) is 0. The highest BCUT2D eigenvalue weighted by atomic mass is 16.6. The molecule has 0 bridgehead atoms. The highest BCUT2D eigenvalue weighted by molar-refractivity contribution is 6.05. The predicted molar refractivity (Wildman–Crippen MR) is 62.5 cm³/mol. The number of fused-ring (bicyclic) bond motifs is 1. The van der Waals surface area contributed by atoms with Gasteiger partial charge < -0.3 is 4.74 Å². The lowest BCUT2D eigenvalue weighted by atomic mass is 10.0. The summed E-state index contributed by atoms with van der Waals surface area (Å²) in [5.41, 5.74) is 0.340. The number of aldehydes is 1. The van der Waals surface area contributed by atoms with Gasteiger partial charge in [0.15, 0.2) is 6.29 Å². The molecule has 2 aromatic rings. The standard InChI is InChI=1S/C12H9NO4/c1-17-11-6-5-10(13(15)16)9-4-2-3-8(7-14)12(9)11/h2-7H,1H3. The zero-order valence-corrected chi connectivity index (χ0v) is 9.04. The maximum Gasteiger partial charge on any atom is 0.277 e. The Morgan fingerprint density at radius 3 is 2.65 bits per heavy atom. The summed E-state index contributed by atoms with van der Waals surface area (Å²) in [5.74, 6) is 0.452. The van der Waals surface area contributed by atoms with Crippen molar-refractivity contribution in [1.29, 1.82) is 0 Å². The molecule has 0 saturated carbocycles. The van der Waals surface area contributed by atoms with Gasteiger partial charge in [-0.25, -0.2) is 0 Å². The van der Waals surface area contributed by atoms with Crippen LogP contribution in [0.5, 0.6) is 5.75 Å².